The number of nitriles is 3. The molecule has 0 unspecified atom stereocenters. The first-order valence-electron chi connectivity index (χ1n) is 40.5. The highest BCUT2D eigenvalue weighted by molar-refractivity contribution is 9.11. The van der Waals surface area contributed by atoms with Crippen LogP contribution in [0.25, 0.3) is 84.3 Å². The number of para-hydroxylation sites is 2. The minimum atomic E-state index is -0.682. The predicted octanol–water partition coefficient (Wildman–Crippen LogP) is 29.1. The average Bonchev–Trinajstić information content (AvgIpc) is 1.66. The summed E-state index contributed by atoms with van der Waals surface area (Å²) in [4.78, 5) is 70.7. The van der Waals surface area contributed by atoms with E-state index in [0.717, 1.165) is 170 Å². The molecule has 1 aliphatic rings. The van der Waals surface area contributed by atoms with Crippen LogP contribution in [-0.4, -0.2) is 89.5 Å². The Balaban J connectivity index is 0.000000168. The van der Waals surface area contributed by atoms with E-state index in [1.165, 1.54) is 81.4 Å². The molecule has 14 aromatic rings. The first kappa shape index (κ1) is 106. The molecule has 2 amide bonds. The van der Waals surface area contributed by atoms with Crippen LogP contribution in [-0.2, 0) is 16.0 Å². The van der Waals surface area contributed by atoms with Gasteiger partial charge in [-0.1, -0.05) is 181 Å². The Labute approximate surface area is 861 Å². The maximum absolute atomic E-state index is 13.6. The maximum Gasteiger partial charge on any atom is 0.266 e. The van der Waals surface area contributed by atoms with E-state index in [9.17, 15) is 39.4 Å². The van der Waals surface area contributed by atoms with Crippen LogP contribution in [0.3, 0.4) is 0 Å². The van der Waals surface area contributed by atoms with Crippen LogP contribution in [0, 0.1) is 94.2 Å². The number of aromatic nitrogens is 5. The number of ketones is 1. The Hall–Kier alpha value is -10.9. The number of aryl methyl sites for hydroxylation is 1. The number of rotatable bonds is 21. The molecule has 20 nitrogen and oxygen atoms in total. The van der Waals surface area contributed by atoms with Gasteiger partial charge in [0.05, 0.1) is 90.2 Å². The molecule has 0 atom stereocenters. The third-order valence-corrected chi connectivity index (χ3v) is 30.2. The largest absolute Gasteiger partial charge is 0.496 e. The first-order chi connectivity index (χ1) is 64.5. The summed E-state index contributed by atoms with van der Waals surface area (Å²) in [6.45, 7) is 18.0. The van der Waals surface area contributed by atoms with Gasteiger partial charge >= 0.3 is 0 Å². The quantitative estimate of drug-likeness (QED) is 0.0261. The van der Waals surface area contributed by atoms with E-state index in [0.29, 0.717) is 58.5 Å². The summed E-state index contributed by atoms with van der Waals surface area (Å²) in [5.74, 6) is 4.12. The molecule has 135 heavy (non-hydrogen) atoms. The zero-order valence-electron chi connectivity index (χ0n) is 75.0. The molecule has 15 rings (SSSR count). The number of anilines is 1. The highest BCUT2D eigenvalue weighted by Crippen LogP contribution is 2.39. The van der Waals surface area contributed by atoms with Crippen molar-refractivity contribution in [2.75, 3.05) is 48.0 Å². The number of allylic oxidation sites excluding steroid dienone is 3. The van der Waals surface area contributed by atoms with Crippen LogP contribution < -0.4 is 44.6 Å². The van der Waals surface area contributed by atoms with E-state index in [1.807, 2.05) is 187 Å². The van der Waals surface area contributed by atoms with Crippen molar-refractivity contribution in [2.24, 2.45) is 5.92 Å². The van der Waals surface area contributed by atoms with Gasteiger partial charge in [0.2, 0.25) is 5.78 Å². The van der Waals surface area contributed by atoms with Gasteiger partial charge in [-0.25, -0.2) is 24.3 Å². The van der Waals surface area contributed by atoms with Crippen molar-refractivity contribution in [3.63, 3.8) is 0 Å². The predicted molar refractivity (Wildman–Crippen MR) is 577 cm³/mol. The molecule has 690 valence electrons. The summed E-state index contributed by atoms with van der Waals surface area (Å²) in [7, 11) is 9.72. The molecule has 0 spiro atoms. The third kappa shape index (κ3) is 28.9. The van der Waals surface area contributed by atoms with E-state index in [-0.39, 0.29) is 28.5 Å². The standard InChI is InChI=1S/C20H21BrN2O2S.C18H12BrClN2OS.C18H14BrFN2O2.C18H14BrNO2S.C15H13BrN2OS.C12H10BrNO2S2/c1-11(2)7-14-10-26-20-18(14)19(24)22-17(23-20)6-5-13-8-15(21)12(3)16(9-13)25-4;1-10-14(19)6-11(7-16(10)23-2)5-12(9-21)18-22-15-8-13(20)3-4-17(15)24-18;1-11-14(19)8-12(9-17(11)24-2)7-13(10-21)18(23)22-16-6-4-3-5-15(16)20;1-11-13(19)9-12(10-16(11)22-2)7-8-15(21)18-20-14-5-3-4-6-17(14)23-18;1-9-8-20-15(18-9)12(7-17)4-11-5-13(16)10(2)14(6-11)19-3;1-6-8(13)3-7(4-9(6)16-2)5-10-11(15)14-12(17)18-10/h5-6,8-11H,7H2,1-4H3,(H,22,23,24);3-8H,1-2H3;3-9H,1-2H3,(H,22,23);3-10H,1-2H3;4-6,8H,1-3H3;3-5H,1-2H3,(H,14,15,17)/b6-5+;12-5+;13-7+;8-7+;12-4+;10-5-. The highest BCUT2D eigenvalue weighted by Gasteiger charge is 2.24. The molecular formula is C101H84Br6ClFN10O10S6. The number of H-pyrrole nitrogens is 1. The summed E-state index contributed by atoms with van der Waals surface area (Å²) in [6.07, 6.45) is 14.8. The Bertz CT molecular complexity index is 7250. The van der Waals surface area contributed by atoms with Crippen molar-refractivity contribution in [2.45, 2.75) is 68.7 Å². The number of carbonyl (C=O) groups is 3. The Kier molecular flexibility index (Phi) is 39.5. The molecule has 0 bridgehead atoms. The van der Waals surface area contributed by atoms with E-state index in [1.54, 1.807) is 85.2 Å². The van der Waals surface area contributed by atoms with Crippen molar-refractivity contribution in [3.8, 4) is 52.7 Å². The Morgan fingerprint density at radius 2 is 0.985 bits per heavy atom. The monoisotopic (exact) mass is 2320 g/mol. The number of thioether (sulfide) groups is 1. The number of carbonyl (C=O) groups excluding carboxylic acids is 3. The molecule has 5 aromatic heterocycles. The zero-order chi connectivity index (χ0) is 98.2. The second-order valence-electron chi connectivity index (χ2n) is 29.7. The molecule has 1 fully saturated rings. The van der Waals surface area contributed by atoms with Gasteiger partial charge in [0, 0.05) is 76.3 Å². The number of amides is 2. The number of thiophene rings is 1. The number of thiazole rings is 3. The van der Waals surface area contributed by atoms with Crippen LogP contribution >= 0.6 is 177 Å². The van der Waals surface area contributed by atoms with Crippen molar-refractivity contribution >= 4 is 288 Å². The van der Waals surface area contributed by atoms with Crippen molar-refractivity contribution < 1.29 is 47.2 Å². The number of benzene rings is 9. The van der Waals surface area contributed by atoms with Gasteiger partial charge in [0.1, 0.15) is 89.1 Å². The van der Waals surface area contributed by atoms with Crippen LogP contribution in [0.2, 0.25) is 5.02 Å². The topological polar surface area (TPSA) is 286 Å². The van der Waals surface area contributed by atoms with Gasteiger partial charge < -0.3 is 44.0 Å². The summed E-state index contributed by atoms with van der Waals surface area (Å²) < 4.78 is 53.6. The van der Waals surface area contributed by atoms with Crippen LogP contribution in [0.1, 0.15) is 118 Å². The number of ether oxygens (including phenoxy) is 6. The van der Waals surface area contributed by atoms with Crippen molar-refractivity contribution in [3.05, 3.63) is 314 Å². The number of hydrogen-bond acceptors (Lipinski definition) is 23. The molecule has 0 saturated carbocycles. The number of halogens is 8. The summed E-state index contributed by atoms with van der Waals surface area (Å²) in [5.41, 5.74) is 15.7. The number of nitrogens with one attached hydrogen (secondary N) is 3. The minimum Gasteiger partial charge on any atom is -0.496 e. The molecule has 1 saturated heterocycles. The summed E-state index contributed by atoms with van der Waals surface area (Å²) in [5, 5.41) is 40.3. The molecule has 34 heteroatoms. The number of aromatic amines is 1. The lowest BCUT2D eigenvalue weighted by Gasteiger charge is -2.09. The molecule has 9 aromatic carbocycles. The number of fused-ring (bicyclic) bond motifs is 3. The van der Waals surface area contributed by atoms with Crippen LogP contribution in [0.15, 0.2) is 198 Å². The fraction of sp³-hybridized carbons (Fsp3) is 0.168. The van der Waals surface area contributed by atoms with Gasteiger partial charge in [-0.05, 0) is 257 Å². The summed E-state index contributed by atoms with van der Waals surface area (Å²) in [6, 6.07) is 48.2. The van der Waals surface area contributed by atoms with Gasteiger partial charge in [-0.15, -0.1) is 45.3 Å². The fourth-order valence-corrected chi connectivity index (χ4v) is 20.2. The molecule has 0 aliphatic carbocycles. The lowest BCUT2D eigenvalue weighted by atomic mass is 10.0. The second kappa shape index (κ2) is 50.2. The summed E-state index contributed by atoms with van der Waals surface area (Å²) >= 11 is 39.0. The van der Waals surface area contributed by atoms with E-state index in [2.05, 4.69) is 157 Å². The minimum absolute atomic E-state index is 0.0197. The average molecular weight is 2320 g/mol. The second-order valence-corrected chi connectivity index (χ2v) is 40.8. The van der Waals surface area contributed by atoms with Crippen molar-refractivity contribution in [1.82, 2.24) is 30.2 Å². The van der Waals surface area contributed by atoms with E-state index < -0.39 is 11.7 Å². The van der Waals surface area contributed by atoms with E-state index in [4.69, 9.17) is 52.2 Å². The van der Waals surface area contributed by atoms with Crippen LogP contribution in [0.4, 0.5) is 10.1 Å². The van der Waals surface area contributed by atoms with Gasteiger partial charge in [0.25, 0.3) is 17.4 Å². The van der Waals surface area contributed by atoms with Crippen LogP contribution in [0.5, 0.6) is 34.5 Å². The van der Waals surface area contributed by atoms with Crippen molar-refractivity contribution in [1.29, 1.82) is 15.8 Å². The zero-order valence-corrected chi connectivity index (χ0v) is 90.2. The lowest BCUT2D eigenvalue weighted by molar-refractivity contribution is -0.115. The molecule has 1 aliphatic heterocycles. The first-order valence-corrected chi connectivity index (χ1v) is 50.2. The number of hydrogen-bond donors (Lipinski definition) is 3. The Morgan fingerprint density at radius 1 is 0.526 bits per heavy atom. The fourth-order valence-electron chi connectivity index (χ4n) is 12.7. The smallest absolute Gasteiger partial charge is 0.266 e. The number of nitrogens with zero attached hydrogens (tertiary/aromatic N) is 7. The molecule has 3 N–H and O–H groups in total. The number of methoxy groups -OCH3 is 6. The molecular weight excluding hydrogens is 2240 g/mol. The van der Waals surface area contributed by atoms with Gasteiger partial charge in [-0.2, -0.15) is 15.8 Å². The maximum atomic E-state index is 13.6. The Morgan fingerprint density at radius 3 is 1.47 bits per heavy atom. The number of thiocarbonyl (C=S) groups is 1. The van der Waals surface area contributed by atoms with Gasteiger partial charge in [0.15, 0.2) is 5.01 Å². The highest BCUT2D eigenvalue weighted by atomic mass is 79.9. The van der Waals surface area contributed by atoms with Gasteiger partial charge in [-0.3, -0.25) is 19.2 Å². The molecule has 6 heterocycles. The normalized spacial score (nSPS) is 12.1. The lowest BCUT2D eigenvalue weighted by Crippen LogP contribution is -2.17. The third-order valence-electron chi connectivity index (χ3n) is 19.8. The van der Waals surface area contributed by atoms with E-state index >= 15 is 0 Å². The molecule has 0 radical (unpaired) electrons. The SMILES string of the molecule is COc1cc(/C=C(\C#N)C(=O)Nc2ccccc2F)cc(Br)c1C.COc1cc(/C=C(\C#N)c2nc(C)cs2)cc(Br)c1C.COc1cc(/C=C(\C#N)c2nc3cc(Cl)ccc3s2)cc(Br)c1C.COc1cc(/C=C/C(=O)c2nc3ccccc3s2)cc(Br)c1C.COc1cc(/C=C/c2nc3scc(CC(C)C)c3c(=O)[nH]2)cc(Br)c1C.COc1cc(/C=C2\SC(=S)NC2=O)cc(Br)c1C.